The van der Waals surface area contributed by atoms with Crippen LogP contribution in [-0.4, -0.2) is 12.5 Å². The Bertz CT molecular complexity index is 390. The standard InChI is InChI=1S/C17H26FNO2/c1-14(8-6-12-19)7-2-3-9-15-13-16(15)10-4-5-11-17(20)21-18/h2-4,7,9-10,14-16H,5-6,8,11-13,19H2,1H3/b7-2+,9-3+,10-4+. The van der Waals surface area contributed by atoms with Crippen molar-refractivity contribution in [3.8, 4) is 0 Å². The Kier molecular flexibility index (Phi) is 8.67. The molecule has 0 amide bonds. The van der Waals surface area contributed by atoms with Crippen molar-refractivity contribution in [2.45, 2.75) is 39.0 Å². The summed E-state index contributed by atoms with van der Waals surface area (Å²) in [5.41, 5.74) is 5.48. The van der Waals surface area contributed by atoms with E-state index in [2.05, 4.69) is 42.2 Å². The Morgan fingerprint density at radius 1 is 1.38 bits per heavy atom. The Morgan fingerprint density at radius 2 is 2.14 bits per heavy atom. The van der Waals surface area contributed by atoms with E-state index in [-0.39, 0.29) is 6.42 Å². The average molecular weight is 295 g/mol. The number of hydrogen-bond donors (Lipinski definition) is 1. The number of rotatable bonds is 10. The van der Waals surface area contributed by atoms with Gasteiger partial charge in [0, 0.05) is 4.53 Å². The quantitative estimate of drug-likeness (QED) is 0.491. The van der Waals surface area contributed by atoms with Crippen LogP contribution in [0, 0.1) is 17.8 Å². The van der Waals surface area contributed by atoms with Crippen LogP contribution in [0.5, 0.6) is 0 Å². The summed E-state index contributed by atoms with van der Waals surface area (Å²) in [5.74, 6) is 0.924. The van der Waals surface area contributed by atoms with Gasteiger partial charge in [-0.25, -0.2) is 4.79 Å². The van der Waals surface area contributed by atoms with Gasteiger partial charge in [-0.15, -0.1) is 0 Å². The minimum absolute atomic E-state index is 0.101. The van der Waals surface area contributed by atoms with E-state index in [0.717, 1.165) is 25.8 Å². The summed E-state index contributed by atoms with van der Waals surface area (Å²) in [6.07, 6.45) is 16.7. The smallest absolute Gasteiger partial charge is 0.330 e. The maximum atomic E-state index is 11.4. The molecule has 0 aromatic carbocycles. The maximum absolute atomic E-state index is 11.4. The SMILES string of the molecule is CC(/C=C/C=C/C1CC1/C=C/CCC(=O)OF)CCCN. The lowest BCUT2D eigenvalue weighted by molar-refractivity contribution is -0.183. The predicted octanol–water partition coefficient (Wildman–Crippen LogP) is 3.87. The van der Waals surface area contributed by atoms with E-state index in [0.29, 0.717) is 24.2 Å². The fourth-order valence-electron chi connectivity index (χ4n) is 2.19. The second kappa shape index (κ2) is 10.3. The van der Waals surface area contributed by atoms with Crippen LogP contribution in [0.4, 0.5) is 4.53 Å². The van der Waals surface area contributed by atoms with Gasteiger partial charge in [-0.3, -0.25) is 4.94 Å². The van der Waals surface area contributed by atoms with Gasteiger partial charge in [0.05, 0.1) is 6.42 Å². The van der Waals surface area contributed by atoms with E-state index in [1.165, 1.54) is 0 Å². The molecule has 0 spiro atoms. The molecule has 118 valence electrons. The van der Waals surface area contributed by atoms with Gasteiger partial charge in [0.15, 0.2) is 0 Å². The number of carbonyl (C=O) groups excluding carboxylic acids is 1. The minimum atomic E-state index is -0.805. The second-order valence-electron chi connectivity index (χ2n) is 5.66. The first-order valence-corrected chi connectivity index (χ1v) is 7.70. The monoisotopic (exact) mass is 295 g/mol. The summed E-state index contributed by atoms with van der Waals surface area (Å²) in [6.45, 7) is 2.96. The van der Waals surface area contributed by atoms with Crippen LogP contribution in [0.2, 0.25) is 0 Å². The molecule has 0 heterocycles. The molecule has 0 aromatic rings. The molecule has 21 heavy (non-hydrogen) atoms. The van der Waals surface area contributed by atoms with Gasteiger partial charge in [0.25, 0.3) is 0 Å². The molecular formula is C17H26FNO2. The number of allylic oxidation sites excluding steroid dienone is 6. The van der Waals surface area contributed by atoms with Crippen molar-refractivity contribution in [3.05, 3.63) is 36.5 Å². The van der Waals surface area contributed by atoms with Gasteiger partial charge in [-0.05, 0) is 50.0 Å². The zero-order valence-electron chi connectivity index (χ0n) is 12.7. The zero-order chi connectivity index (χ0) is 15.5. The molecule has 0 aliphatic heterocycles. The molecule has 0 radical (unpaired) electrons. The van der Waals surface area contributed by atoms with Crippen molar-refractivity contribution in [1.29, 1.82) is 0 Å². The lowest BCUT2D eigenvalue weighted by Gasteiger charge is -2.02. The van der Waals surface area contributed by atoms with E-state index in [9.17, 15) is 9.32 Å². The minimum Gasteiger partial charge on any atom is -0.330 e. The highest BCUT2D eigenvalue weighted by Crippen LogP contribution is 2.40. The maximum Gasteiger partial charge on any atom is 0.349 e. The highest BCUT2D eigenvalue weighted by Gasteiger charge is 2.31. The Hall–Kier alpha value is -1.42. The summed E-state index contributed by atoms with van der Waals surface area (Å²) >= 11 is 0. The van der Waals surface area contributed by atoms with Crippen LogP contribution in [0.3, 0.4) is 0 Å². The van der Waals surface area contributed by atoms with Crippen molar-refractivity contribution in [2.75, 3.05) is 6.54 Å². The van der Waals surface area contributed by atoms with Crippen LogP contribution in [0.15, 0.2) is 36.5 Å². The molecule has 3 nitrogen and oxygen atoms in total. The third-order valence-electron chi connectivity index (χ3n) is 3.65. The molecule has 4 heteroatoms. The van der Waals surface area contributed by atoms with Crippen LogP contribution >= 0.6 is 0 Å². The second-order valence-corrected chi connectivity index (χ2v) is 5.66. The van der Waals surface area contributed by atoms with Crippen LogP contribution < -0.4 is 5.73 Å². The molecule has 1 fully saturated rings. The van der Waals surface area contributed by atoms with E-state index in [1.54, 1.807) is 0 Å². The van der Waals surface area contributed by atoms with Gasteiger partial charge in [0.1, 0.15) is 0 Å². The van der Waals surface area contributed by atoms with Gasteiger partial charge >= 0.3 is 5.97 Å². The van der Waals surface area contributed by atoms with Crippen LogP contribution in [0.1, 0.15) is 39.0 Å². The first kappa shape index (κ1) is 17.6. The Labute approximate surface area is 126 Å². The molecule has 2 N–H and O–H groups in total. The van der Waals surface area contributed by atoms with Crippen molar-refractivity contribution in [2.24, 2.45) is 23.5 Å². The molecule has 1 aliphatic carbocycles. The van der Waals surface area contributed by atoms with E-state index >= 15 is 0 Å². The average Bonchev–Trinajstić information content (AvgIpc) is 3.24. The first-order chi connectivity index (χ1) is 10.2. The van der Waals surface area contributed by atoms with Crippen molar-refractivity contribution < 1.29 is 14.3 Å². The summed E-state index contributed by atoms with van der Waals surface area (Å²) in [5, 5.41) is 0. The molecule has 0 bridgehead atoms. The van der Waals surface area contributed by atoms with Crippen LogP contribution in [-0.2, 0) is 9.74 Å². The Morgan fingerprint density at radius 3 is 2.86 bits per heavy atom. The van der Waals surface area contributed by atoms with E-state index in [4.69, 9.17) is 5.73 Å². The molecule has 1 rings (SSSR count). The van der Waals surface area contributed by atoms with Gasteiger partial charge < -0.3 is 5.73 Å². The Balaban J connectivity index is 2.12. The number of nitrogens with two attached hydrogens (primary N) is 1. The number of carbonyl (C=O) groups is 1. The molecule has 1 saturated carbocycles. The van der Waals surface area contributed by atoms with Gasteiger partial charge in [-0.2, -0.15) is 0 Å². The molecule has 0 saturated heterocycles. The number of halogens is 1. The van der Waals surface area contributed by atoms with Crippen molar-refractivity contribution in [3.63, 3.8) is 0 Å². The third kappa shape index (κ3) is 8.45. The van der Waals surface area contributed by atoms with E-state index in [1.807, 2.05) is 6.08 Å². The summed E-state index contributed by atoms with van der Waals surface area (Å²) < 4.78 is 11.4. The largest absolute Gasteiger partial charge is 0.349 e. The summed E-state index contributed by atoms with van der Waals surface area (Å²) in [7, 11) is 0. The van der Waals surface area contributed by atoms with E-state index < -0.39 is 5.97 Å². The summed E-state index contributed by atoms with van der Waals surface area (Å²) in [4.78, 5) is 13.7. The van der Waals surface area contributed by atoms with Crippen LogP contribution in [0.25, 0.3) is 0 Å². The van der Waals surface area contributed by atoms with Gasteiger partial charge in [0.2, 0.25) is 0 Å². The fourth-order valence-corrected chi connectivity index (χ4v) is 2.19. The lowest BCUT2D eigenvalue weighted by atomic mass is 10.1. The zero-order valence-corrected chi connectivity index (χ0v) is 12.7. The lowest BCUT2D eigenvalue weighted by Crippen LogP contribution is -2.00. The topological polar surface area (TPSA) is 52.3 Å². The summed E-state index contributed by atoms with van der Waals surface area (Å²) in [6, 6.07) is 0. The van der Waals surface area contributed by atoms with Crippen molar-refractivity contribution >= 4 is 5.97 Å². The molecule has 0 aromatic heterocycles. The molecule has 1 aliphatic rings. The van der Waals surface area contributed by atoms with Gasteiger partial charge in [-0.1, -0.05) is 43.4 Å². The highest BCUT2D eigenvalue weighted by molar-refractivity contribution is 5.68. The molecule has 3 atom stereocenters. The predicted molar refractivity (Wildman–Crippen MR) is 82.9 cm³/mol. The number of hydrogen-bond acceptors (Lipinski definition) is 3. The third-order valence-corrected chi connectivity index (χ3v) is 3.65. The normalized spacial score (nSPS) is 23.2. The highest BCUT2D eigenvalue weighted by atomic mass is 19.3. The molecular weight excluding hydrogens is 269 g/mol. The molecule has 3 unspecified atom stereocenters. The first-order valence-electron chi connectivity index (χ1n) is 7.70. The fraction of sp³-hybridized carbons (Fsp3) is 0.588. The van der Waals surface area contributed by atoms with Crippen molar-refractivity contribution in [1.82, 2.24) is 0 Å².